The van der Waals surface area contributed by atoms with Crippen molar-refractivity contribution in [2.24, 2.45) is 0 Å². The highest BCUT2D eigenvalue weighted by atomic mass is 16.3. The Hall–Kier alpha value is -1.35. The molecule has 4 N–H and O–H groups in total. The average molecular weight is 192 g/mol. The van der Waals surface area contributed by atoms with Crippen molar-refractivity contribution in [3.63, 3.8) is 0 Å². The van der Waals surface area contributed by atoms with Crippen LogP contribution < -0.4 is 5.73 Å². The van der Waals surface area contributed by atoms with E-state index in [9.17, 15) is 5.11 Å². The first-order chi connectivity index (χ1) is 6.32. The summed E-state index contributed by atoms with van der Waals surface area (Å²) in [6.07, 6.45) is 0. The van der Waals surface area contributed by atoms with Crippen LogP contribution >= 0.6 is 0 Å². The smallest absolute Gasteiger partial charge is 0.101 e. The molecule has 1 aromatic carbocycles. The van der Waals surface area contributed by atoms with Crippen molar-refractivity contribution in [2.45, 2.75) is 26.4 Å². The number of anilines is 1. The summed E-state index contributed by atoms with van der Waals surface area (Å²) in [6.45, 7) is 5.09. The third kappa shape index (κ3) is 2.12. The largest absolute Gasteiger partial charge is 0.398 e. The molecule has 0 aromatic heterocycles. The highest BCUT2D eigenvalue weighted by Gasteiger charge is 2.22. The van der Waals surface area contributed by atoms with Crippen LogP contribution in [0.15, 0.2) is 18.2 Å². The number of nitrogens with one attached hydrogen (secondary N) is 1. The van der Waals surface area contributed by atoms with Crippen molar-refractivity contribution in [1.29, 1.82) is 5.41 Å². The third-order valence-electron chi connectivity index (χ3n) is 2.09. The van der Waals surface area contributed by atoms with Gasteiger partial charge in [-0.1, -0.05) is 12.1 Å². The molecule has 14 heavy (non-hydrogen) atoms. The molecular formula is C11H16N2O. The van der Waals surface area contributed by atoms with E-state index in [1.54, 1.807) is 26.0 Å². The van der Waals surface area contributed by atoms with Crippen LogP contribution in [0.3, 0.4) is 0 Å². The Bertz CT molecular complexity index is 364. The van der Waals surface area contributed by atoms with Gasteiger partial charge in [-0.2, -0.15) is 0 Å². The molecule has 0 atom stereocenters. The van der Waals surface area contributed by atoms with Crippen LogP contribution in [0.2, 0.25) is 0 Å². The summed E-state index contributed by atoms with van der Waals surface area (Å²) >= 11 is 0. The minimum absolute atomic E-state index is 0.148. The maximum atomic E-state index is 9.65. The molecule has 0 amide bonds. The maximum absolute atomic E-state index is 9.65. The van der Waals surface area contributed by atoms with Gasteiger partial charge < -0.3 is 16.2 Å². The van der Waals surface area contributed by atoms with E-state index in [1.165, 1.54) is 0 Å². The number of nitrogens with two attached hydrogens (primary N) is 1. The maximum Gasteiger partial charge on any atom is 0.101 e. The third-order valence-corrected chi connectivity index (χ3v) is 2.09. The molecule has 0 saturated carbocycles. The van der Waals surface area contributed by atoms with E-state index in [1.807, 2.05) is 13.0 Å². The van der Waals surface area contributed by atoms with Crippen LogP contribution in [0.1, 0.15) is 25.0 Å². The van der Waals surface area contributed by atoms with Crippen molar-refractivity contribution in [3.8, 4) is 0 Å². The zero-order valence-corrected chi connectivity index (χ0v) is 8.76. The van der Waals surface area contributed by atoms with Crippen molar-refractivity contribution < 1.29 is 5.11 Å². The topological polar surface area (TPSA) is 70.1 Å². The van der Waals surface area contributed by atoms with Gasteiger partial charge in [0.15, 0.2) is 0 Å². The summed E-state index contributed by atoms with van der Waals surface area (Å²) in [5.74, 6) is 0. The molecule has 0 saturated heterocycles. The summed E-state index contributed by atoms with van der Waals surface area (Å²) in [5.41, 5.74) is 6.96. The van der Waals surface area contributed by atoms with E-state index in [-0.39, 0.29) is 5.71 Å². The number of rotatable bonds is 2. The van der Waals surface area contributed by atoms with Gasteiger partial charge in [0, 0.05) is 11.3 Å². The normalized spacial score (nSPS) is 11.4. The summed E-state index contributed by atoms with van der Waals surface area (Å²) < 4.78 is 0. The van der Waals surface area contributed by atoms with Crippen molar-refractivity contribution in [2.75, 3.05) is 5.73 Å². The second kappa shape index (κ2) is 3.42. The Balaban J connectivity index is 3.15. The Labute approximate surface area is 84.1 Å². The molecular weight excluding hydrogens is 176 g/mol. The number of nitrogen functional groups attached to an aromatic ring is 1. The van der Waals surface area contributed by atoms with E-state index in [2.05, 4.69) is 0 Å². The molecule has 0 radical (unpaired) electrons. The first-order valence-corrected chi connectivity index (χ1v) is 4.50. The van der Waals surface area contributed by atoms with Crippen LogP contribution in [0.5, 0.6) is 0 Å². The molecule has 0 aliphatic carbocycles. The Kier molecular flexibility index (Phi) is 2.62. The van der Waals surface area contributed by atoms with Crippen LogP contribution in [0.25, 0.3) is 0 Å². The van der Waals surface area contributed by atoms with E-state index >= 15 is 0 Å². The highest BCUT2D eigenvalue weighted by Crippen LogP contribution is 2.19. The minimum Gasteiger partial charge on any atom is -0.398 e. The number of hydrogen-bond donors (Lipinski definition) is 3. The van der Waals surface area contributed by atoms with E-state index < -0.39 is 5.60 Å². The van der Waals surface area contributed by atoms with Gasteiger partial charge in [-0.3, -0.25) is 0 Å². The Morgan fingerprint density at radius 3 is 2.43 bits per heavy atom. The molecule has 0 spiro atoms. The molecule has 0 aliphatic heterocycles. The molecule has 0 aliphatic rings. The monoisotopic (exact) mass is 192 g/mol. The molecule has 0 heterocycles. The first-order valence-electron chi connectivity index (χ1n) is 4.50. The number of aliphatic hydroxyl groups is 1. The number of aryl methyl sites for hydroxylation is 1. The molecule has 0 fully saturated rings. The number of hydrogen-bond acceptors (Lipinski definition) is 3. The quantitative estimate of drug-likeness (QED) is 0.493. The van der Waals surface area contributed by atoms with E-state index in [0.29, 0.717) is 11.3 Å². The van der Waals surface area contributed by atoms with Crippen LogP contribution in [0.4, 0.5) is 5.69 Å². The predicted molar refractivity (Wildman–Crippen MR) is 58.7 cm³/mol. The fourth-order valence-electron chi connectivity index (χ4n) is 1.24. The Morgan fingerprint density at radius 2 is 2.00 bits per heavy atom. The van der Waals surface area contributed by atoms with Gasteiger partial charge in [0.2, 0.25) is 0 Å². The molecule has 76 valence electrons. The zero-order valence-electron chi connectivity index (χ0n) is 8.76. The minimum atomic E-state index is -1.15. The van der Waals surface area contributed by atoms with Crippen LogP contribution in [-0.2, 0) is 0 Å². The first kappa shape index (κ1) is 10.7. The second-order valence-corrected chi connectivity index (χ2v) is 4.02. The van der Waals surface area contributed by atoms with E-state index in [4.69, 9.17) is 11.1 Å². The van der Waals surface area contributed by atoms with Crippen molar-refractivity contribution in [3.05, 3.63) is 29.3 Å². The standard InChI is InChI=1S/C11H16N2O/c1-7-4-5-8(9(12)6-7)10(13)11(2,3)14/h4-6,13-14H,12H2,1-3H3. The number of benzene rings is 1. The Morgan fingerprint density at radius 1 is 1.43 bits per heavy atom. The fourth-order valence-corrected chi connectivity index (χ4v) is 1.24. The van der Waals surface area contributed by atoms with Crippen LogP contribution in [0, 0.1) is 12.3 Å². The molecule has 3 nitrogen and oxygen atoms in total. The van der Waals surface area contributed by atoms with Crippen molar-refractivity contribution >= 4 is 11.4 Å². The zero-order chi connectivity index (χ0) is 10.9. The van der Waals surface area contributed by atoms with Gasteiger partial charge in [-0.05, 0) is 32.4 Å². The molecule has 0 bridgehead atoms. The van der Waals surface area contributed by atoms with Gasteiger partial charge >= 0.3 is 0 Å². The highest BCUT2D eigenvalue weighted by molar-refractivity contribution is 6.07. The average Bonchev–Trinajstić information content (AvgIpc) is 2.01. The summed E-state index contributed by atoms with van der Waals surface area (Å²) in [7, 11) is 0. The summed E-state index contributed by atoms with van der Waals surface area (Å²) in [5, 5.41) is 17.4. The molecule has 1 rings (SSSR count). The predicted octanol–water partition coefficient (Wildman–Crippen LogP) is 1.72. The van der Waals surface area contributed by atoms with Gasteiger partial charge in [0.05, 0.1) is 5.71 Å². The fraction of sp³-hybridized carbons (Fsp3) is 0.364. The second-order valence-electron chi connectivity index (χ2n) is 4.02. The van der Waals surface area contributed by atoms with Crippen LogP contribution in [-0.4, -0.2) is 16.4 Å². The molecule has 0 unspecified atom stereocenters. The van der Waals surface area contributed by atoms with E-state index in [0.717, 1.165) is 5.56 Å². The summed E-state index contributed by atoms with van der Waals surface area (Å²) in [4.78, 5) is 0. The van der Waals surface area contributed by atoms with Gasteiger partial charge in [0.25, 0.3) is 0 Å². The van der Waals surface area contributed by atoms with Crippen molar-refractivity contribution in [1.82, 2.24) is 0 Å². The van der Waals surface area contributed by atoms with Gasteiger partial charge in [0.1, 0.15) is 5.60 Å². The molecule has 3 heteroatoms. The lowest BCUT2D eigenvalue weighted by atomic mass is 9.94. The lowest BCUT2D eigenvalue weighted by Crippen LogP contribution is -2.31. The summed E-state index contributed by atoms with van der Waals surface area (Å²) in [6, 6.07) is 5.45. The lowest BCUT2D eigenvalue weighted by molar-refractivity contribution is 0.153. The van der Waals surface area contributed by atoms with Gasteiger partial charge in [-0.25, -0.2) is 0 Å². The SMILES string of the molecule is Cc1ccc(C(=N)C(C)(C)O)c(N)c1. The molecule has 1 aromatic rings. The van der Waals surface area contributed by atoms with Gasteiger partial charge in [-0.15, -0.1) is 0 Å². The lowest BCUT2D eigenvalue weighted by Gasteiger charge is -2.20.